The maximum absolute atomic E-state index is 14.1. The molecule has 21 heteroatoms. The van der Waals surface area contributed by atoms with E-state index in [1.807, 2.05) is 0 Å². The summed E-state index contributed by atoms with van der Waals surface area (Å²) >= 11 is 1.41. The first-order chi connectivity index (χ1) is 32.3. The number of phenols is 2. The molecule has 1 aliphatic heterocycles. The number of benzene rings is 3. The third kappa shape index (κ3) is 11.1. The zero-order valence-electron chi connectivity index (χ0n) is 37.7. The zero-order chi connectivity index (χ0) is 49.6. The molecule has 9 N–H and O–H groups in total. The van der Waals surface area contributed by atoms with E-state index in [4.69, 9.17) is 19.3 Å². The van der Waals surface area contributed by atoms with E-state index in [0.29, 0.717) is 11.3 Å². The monoisotopic (exact) mass is 962 g/mol. The largest absolute Gasteiger partial charge is 0.507 e. The first-order valence-electron chi connectivity index (χ1n) is 21.8. The number of ether oxygens (including phenoxy) is 3. The number of hydrogen-bond donors (Lipinski definition) is 9. The van der Waals surface area contributed by atoms with Crippen molar-refractivity contribution in [2.24, 2.45) is 0 Å². The number of aromatic hydroxyl groups is 2. The first-order valence-corrected chi connectivity index (χ1v) is 23.2. The molecule has 2 aliphatic carbocycles. The van der Waals surface area contributed by atoms with Gasteiger partial charge in [-0.15, -0.1) is 0 Å². The molecule has 0 unspecified atom stereocenters. The fraction of sp³-hybridized carbons (Fsp3) is 0.447. The van der Waals surface area contributed by atoms with Crippen molar-refractivity contribution in [3.05, 3.63) is 87.5 Å². The Morgan fingerprint density at radius 2 is 1.59 bits per heavy atom. The van der Waals surface area contributed by atoms with Crippen LogP contribution in [0.15, 0.2) is 48.5 Å². The average Bonchev–Trinajstić information content (AvgIpc) is 3.30. The maximum atomic E-state index is 14.1. The van der Waals surface area contributed by atoms with Crippen LogP contribution in [0.25, 0.3) is 0 Å². The summed E-state index contributed by atoms with van der Waals surface area (Å²) in [5.41, 5.74) is -3.27. The molecule has 8 atom stereocenters. The summed E-state index contributed by atoms with van der Waals surface area (Å²) in [7, 11) is 1.30. The van der Waals surface area contributed by atoms with Gasteiger partial charge in [-0.25, -0.2) is 0 Å². The summed E-state index contributed by atoms with van der Waals surface area (Å²) in [4.78, 5) is 105. The van der Waals surface area contributed by atoms with Crippen LogP contribution in [0.5, 0.6) is 17.2 Å². The number of methoxy groups -OCH3 is 1. The number of fused-ring (bicyclic) bond motifs is 3. The fourth-order valence-electron chi connectivity index (χ4n) is 8.64. The van der Waals surface area contributed by atoms with Gasteiger partial charge in [0.15, 0.2) is 17.9 Å². The third-order valence-corrected chi connectivity index (χ3v) is 12.9. The van der Waals surface area contributed by atoms with E-state index < -0.39 is 144 Å². The summed E-state index contributed by atoms with van der Waals surface area (Å²) in [5, 5.41) is 65.9. The molecule has 1 saturated heterocycles. The van der Waals surface area contributed by atoms with E-state index >= 15 is 0 Å². The summed E-state index contributed by atoms with van der Waals surface area (Å²) in [6.45, 7) is 2.00. The molecule has 68 heavy (non-hydrogen) atoms. The highest BCUT2D eigenvalue weighted by Crippen LogP contribution is 2.52. The molecule has 3 aliphatic rings. The Morgan fingerprint density at radius 3 is 2.25 bits per heavy atom. The molecule has 364 valence electrons. The quantitative estimate of drug-likeness (QED) is 0.0595. The number of amides is 4. The minimum absolute atomic E-state index is 0.0374. The van der Waals surface area contributed by atoms with Crippen molar-refractivity contribution in [3.8, 4) is 17.2 Å². The number of Topliss-reactive ketones (excluding diaryl/α,β-unsaturated/α-hetero) is 1. The number of thioether (sulfide) groups is 1. The summed E-state index contributed by atoms with van der Waals surface area (Å²) < 4.78 is 17.7. The molecule has 0 spiro atoms. The Labute approximate surface area is 394 Å². The topological polar surface area (TPSA) is 314 Å². The number of carboxylic acids is 1. The van der Waals surface area contributed by atoms with Crippen LogP contribution in [0.1, 0.15) is 101 Å². The number of carboxylic acid groups (broad SMARTS) is 1. The van der Waals surface area contributed by atoms with Crippen LogP contribution >= 0.6 is 11.8 Å². The lowest BCUT2D eigenvalue weighted by atomic mass is 9.72. The number of nitrogens with one attached hydrogen (secondary N) is 4. The maximum Gasteiger partial charge on any atom is 0.303 e. The molecule has 1 heterocycles. The minimum Gasteiger partial charge on any atom is -0.507 e. The van der Waals surface area contributed by atoms with Gasteiger partial charge in [0.25, 0.3) is 0 Å². The van der Waals surface area contributed by atoms with Crippen molar-refractivity contribution in [3.63, 3.8) is 0 Å². The van der Waals surface area contributed by atoms with Gasteiger partial charge in [-0.3, -0.25) is 38.4 Å². The number of carbonyl (C=O) groups excluding carboxylic acids is 7. The third-order valence-electron chi connectivity index (χ3n) is 12.3. The normalized spacial score (nSPS) is 22.6. The average molecular weight is 963 g/mol. The lowest BCUT2D eigenvalue weighted by Gasteiger charge is -2.43. The molecule has 1 fully saturated rings. The van der Waals surface area contributed by atoms with E-state index in [-0.39, 0.29) is 53.7 Å². The van der Waals surface area contributed by atoms with Gasteiger partial charge >= 0.3 is 5.97 Å². The van der Waals surface area contributed by atoms with Gasteiger partial charge in [0.05, 0.1) is 55.0 Å². The number of aliphatic hydroxyl groups excluding tert-OH is 1. The zero-order valence-corrected chi connectivity index (χ0v) is 38.5. The van der Waals surface area contributed by atoms with E-state index in [1.54, 1.807) is 36.6 Å². The van der Waals surface area contributed by atoms with E-state index in [0.717, 1.165) is 6.92 Å². The van der Waals surface area contributed by atoms with Crippen molar-refractivity contribution in [1.82, 2.24) is 21.3 Å². The second-order valence-corrected chi connectivity index (χ2v) is 17.9. The Balaban J connectivity index is 1.22. The van der Waals surface area contributed by atoms with Crippen LogP contribution in [0.3, 0.4) is 0 Å². The molecule has 4 amide bonds. The van der Waals surface area contributed by atoms with Crippen LogP contribution in [-0.2, 0) is 51.1 Å². The molecule has 6 rings (SSSR count). The number of aliphatic hydroxyl groups is 2. The second-order valence-electron chi connectivity index (χ2n) is 16.9. The van der Waals surface area contributed by atoms with Gasteiger partial charge in [0.2, 0.25) is 29.4 Å². The molecule has 0 aromatic heterocycles. The van der Waals surface area contributed by atoms with E-state index in [2.05, 4.69) is 21.3 Å². The highest BCUT2D eigenvalue weighted by atomic mass is 32.2. The van der Waals surface area contributed by atoms with Crippen LogP contribution in [-0.4, -0.2) is 140 Å². The highest BCUT2D eigenvalue weighted by Gasteiger charge is 2.50. The summed E-state index contributed by atoms with van der Waals surface area (Å²) in [6.07, 6.45) is -5.41. The number of carbonyl (C=O) groups is 8. The number of phenolic OH excluding ortho intramolecular Hbond substituents is 2. The fourth-order valence-corrected chi connectivity index (χ4v) is 9.11. The van der Waals surface area contributed by atoms with Gasteiger partial charge in [-0.2, -0.15) is 11.8 Å². The smallest absolute Gasteiger partial charge is 0.303 e. The van der Waals surface area contributed by atoms with Crippen molar-refractivity contribution in [1.29, 1.82) is 0 Å². The van der Waals surface area contributed by atoms with Crippen molar-refractivity contribution >= 4 is 58.7 Å². The van der Waals surface area contributed by atoms with Crippen molar-refractivity contribution in [2.45, 2.75) is 107 Å². The lowest BCUT2D eigenvalue weighted by Crippen LogP contribution is -2.59. The van der Waals surface area contributed by atoms with Gasteiger partial charge in [0, 0.05) is 48.8 Å². The molecular weight excluding hydrogens is 909 g/mol. The number of rotatable bonds is 19. The Morgan fingerprint density at radius 1 is 0.897 bits per heavy atom. The van der Waals surface area contributed by atoms with Crippen LogP contribution in [0.4, 0.5) is 0 Å². The highest BCUT2D eigenvalue weighted by molar-refractivity contribution is 7.98. The number of hydrogen-bond acceptors (Lipinski definition) is 16. The predicted octanol–water partition coefficient (Wildman–Crippen LogP) is 1.13. The standard InChI is InChI=1S/C47H54N4O16S/c1-22-40(57)28(51-46(63)29(17-24-9-6-5-7-10-24)50-33(54)21-48-45(62)27(15-16-68-4)49-32(53)13-14-34(55)56)18-35(66-22)67-31-20-47(64,23(2)52)19-26-37(31)44(61)39-38(42(26)59)41(58)25-11-8-12-30(65-3)36(25)43(39)60/h5-12,22,27-29,31,35,40,57,59,61,64H,13-21H2,1-4H3,(H,48,62)(H,49,53)(H,50,54)(H,51,63)(H,55,56)/t22-,27-,28-,29-,31-,35-,40+,47-/m0/s1. The molecule has 3 aromatic carbocycles. The van der Waals surface area contributed by atoms with E-state index in [1.165, 1.54) is 44.0 Å². The number of ketones is 3. The second kappa shape index (κ2) is 21.7. The molecule has 3 aromatic rings. The van der Waals surface area contributed by atoms with Crippen molar-refractivity contribution in [2.75, 3.05) is 25.7 Å². The van der Waals surface area contributed by atoms with Crippen LogP contribution in [0.2, 0.25) is 0 Å². The van der Waals surface area contributed by atoms with Gasteiger partial charge < -0.3 is 61.0 Å². The van der Waals surface area contributed by atoms with Crippen LogP contribution in [0, 0.1) is 0 Å². The molecular formula is C47H54N4O16S. The SMILES string of the molecule is COc1cccc2c1C(=O)c1c(O)c3c(c(O)c1C2=O)C[C@@](O)(C(C)=O)C[C@@H]3O[C@H]1C[C@H](NC(=O)[C@H](Cc2ccccc2)NC(=O)CNC(=O)[C@H](CCSC)NC(=O)CCC(=O)O)[C@H](O)[C@H](C)O1. The summed E-state index contributed by atoms with van der Waals surface area (Å²) in [6, 6.07) is 9.48. The lowest BCUT2D eigenvalue weighted by molar-refractivity contribution is -0.249. The minimum atomic E-state index is -2.19. The first kappa shape index (κ1) is 51.0. The predicted molar refractivity (Wildman–Crippen MR) is 241 cm³/mol. The Kier molecular flexibility index (Phi) is 16.3. The van der Waals surface area contributed by atoms with Crippen LogP contribution < -0.4 is 26.0 Å². The van der Waals surface area contributed by atoms with Crippen molar-refractivity contribution < 1.29 is 78.1 Å². The molecule has 20 nitrogen and oxygen atoms in total. The van der Waals surface area contributed by atoms with E-state index in [9.17, 15) is 58.8 Å². The van der Waals surface area contributed by atoms with Gasteiger partial charge in [-0.05, 0) is 43.9 Å². The Hall–Kier alpha value is -6.39. The molecule has 0 saturated carbocycles. The van der Waals surface area contributed by atoms with Gasteiger partial charge in [-0.1, -0.05) is 42.5 Å². The van der Waals surface area contributed by atoms with Gasteiger partial charge in [0.1, 0.15) is 41.0 Å². The number of aliphatic carboxylic acids is 1. The molecule has 0 bridgehead atoms. The molecule has 0 radical (unpaired) electrons. The Bertz CT molecular complexity index is 2490. The summed E-state index contributed by atoms with van der Waals surface area (Å²) in [5.74, 6) is -7.44.